The lowest BCUT2D eigenvalue weighted by Crippen LogP contribution is -2.52. The second-order valence-corrected chi connectivity index (χ2v) is 11.3. The normalized spacial score (nSPS) is 19.5. The van der Waals surface area contributed by atoms with Gasteiger partial charge in [-0.05, 0) is 68.9 Å². The maximum Gasteiger partial charge on any atom is 0.333 e. The molecular formula is C30H33ClN6O3. The molecule has 6 rings (SSSR count). The van der Waals surface area contributed by atoms with Crippen molar-refractivity contribution in [2.24, 2.45) is 5.92 Å². The smallest absolute Gasteiger partial charge is 0.333 e. The number of nitrogens with one attached hydrogen (secondary N) is 1. The first-order valence-electron chi connectivity index (χ1n) is 13.8. The van der Waals surface area contributed by atoms with E-state index < -0.39 is 0 Å². The van der Waals surface area contributed by atoms with Gasteiger partial charge in [0, 0.05) is 39.0 Å². The summed E-state index contributed by atoms with van der Waals surface area (Å²) in [4.78, 5) is 37.6. The Kier molecular flexibility index (Phi) is 7.33. The molecule has 1 amide bonds. The number of methoxy groups -OCH3 is 1. The zero-order chi connectivity index (χ0) is 27.8. The molecule has 1 aliphatic carbocycles. The molecule has 3 aromatic heterocycles. The van der Waals surface area contributed by atoms with Gasteiger partial charge in [0.1, 0.15) is 5.82 Å². The average molecular weight is 561 g/mol. The highest BCUT2D eigenvalue weighted by Crippen LogP contribution is 2.28. The van der Waals surface area contributed by atoms with Crippen molar-refractivity contribution in [3.05, 3.63) is 81.6 Å². The number of carbonyl (C=O) groups excluding carboxylic acids is 1. The van der Waals surface area contributed by atoms with Crippen molar-refractivity contribution >= 4 is 34.4 Å². The number of carbonyl (C=O) groups is 1. The van der Waals surface area contributed by atoms with E-state index in [1.165, 1.54) is 0 Å². The zero-order valence-electron chi connectivity index (χ0n) is 22.7. The van der Waals surface area contributed by atoms with Gasteiger partial charge in [0.05, 0.1) is 45.3 Å². The van der Waals surface area contributed by atoms with Gasteiger partial charge in [-0.25, -0.2) is 9.78 Å². The first-order chi connectivity index (χ1) is 19.4. The Morgan fingerprint density at radius 2 is 1.80 bits per heavy atom. The third kappa shape index (κ3) is 5.11. The van der Waals surface area contributed by atoms with Crippen LogP contribution in [0.1, 0.15) is 41.7 Å². The number of amides is 1. The van der Waals surface area contributed by atoms with Crippen molar-refractivity contribution in [2.75, 3.05) is 25.1 Å². The van der Waals surface area contributed by atoms with Crippen LogP contribution in [0.25, 0.3) is 16.7 Å². The maximum atomic E-state index is 13.8. The number of nitrogens with zero attached hydrogens (tertiary/aromatic N) is 5. The minimum absolute atomic E-state index is 0.0569. The molecule has 1 aromatic carbocycles. The van der Waals surface area contributed by atoms with E-state index in [2.05, 4.69) is 20.2 Å². The molecule has 1 aliphatic heterocycles. The summed E-state index contributed by atoms with van der Waals surface area (Å²) in [5, 5.41) is 3.60. The van der Waals surface area contributed by atoms with E-state index in [0.29, 0.717) is 28.7 Å². The lowest BCUT2D eigenvalue weighted by molar-refractivity contribution is 0.0783. The largest absolute Gasteiger partial charge is 0.378 e. The highest BCUT2D eigenvalue weighted by atomic mass is 35.5. The summed E-state index contributed by atoms with van der Waals surface area (Å²) in [5.41, 5.74) is 3.67. The fourth-order valence-corrected chi connectivity index (χ4v) is 6.01. The predicted molar refractivity (Wildman–Crippen MR) is 156 cm³/mol. The molecule has 0 unspecified atom stereocenters. The van der Waals surface area contributed by atoms with Crippen LogP contribution in [0, 0.1) is 12.8 Å². The van der Waals surface area contributed by atoms with Crippen LogP contribution in [0.15, 0.2) is 59.7 Å². The monoisotopic (exact) mass is 560 g/mol. The van der Waals surface area contributed by atoms with Crippen LogP contribution in [-0.4, -0.2) is 57.4 Å². The van der Waals surface area contributed by atoms with Crippen LogP contribution in [0.5, 0.6) is 0 Å². The van der Waals surface area contributed by atoms with Gasteiger partial charge in [0.25, 0.3) is 5.91 Å². The Morgan fingerprint density at radius 1 is 1.05 bits per heavy atom. The summed E-state index contributed by atoms with van der Waals surface area (Å²) in [7, 11) is 1.73. The van der Waals surface area contributed by atoms with Gasteiger partial charge in [-0.15, -0.1) is 0 Å². The molecule has 0 spiro atoms. The van der Waals surface area contributed by atoms with Crippen molar-refractivity contribution in [1.29, 1.82) is 0 Å². The van der Waals surface area contributed by atoms with Gasteiger partial charge < -0.3 is 15.0 Å². The van der Waals surface area contributed by atoms with Crippen LogP contribution < -0.4 is 15.9 Å². The summed E-state index contributed by atoms with van der Waals surface area (Å²) in [6.07, 6.45) is 7.16. The van der Waals surface area contributed by atoms with Gasteiger partial charge in [-0.3, -0.25) is 18.9 Å². The third-order valence-corrected chi connectivity index (χ3v) is 8.46. The second-order valence-electron chi connectivity index (χ2n) is 10.8. The quantitative estimate of drug-likeness (QED) is 0.361. The molecule has 40 heavy (non-hydrogen) atoms. The summed E-state index contributed by atoms with van der Waals surface area (Å²) >= 11 is 6.05. The molecule has 1 saturated carbocycles. The fourth-order valence-electron chi connectivity index (χ4n) is 5.85. The van der Waals surface area contributed by atoms with Crippen molar-refractivity contribution in [3.8, 4) is 5.69 Å². The van der Waals surface area contributed by atoms with Crippen molar-refractivity contribution in [3.63, 3.8) is 0 Å². The SMILES string of the molecule is COC1CN(c2ccc(-n3c(=O)n(C[C@H]4CC[C@H](NC(=O)c5cc(Cl)cnc5C)CC4)c4ccccc43)cn2)C1. The highest BCUT2D eigenvalue weighted by Gasteiger charge is 2.28. The zero-order valence-corrected chi connectivity index (χ0v) is 23.5. The molecule has 208 valence electrons. The first kappa shape index (κ1) is 26.5. The third-order valence-electron chi connectivity index (χ3n) is 8.25. The van der Waals surface area contributed by atoms with Crippen LogP contribution in [-0.2, 0) is 11.3 Å². The van der Waals surface area contributed by atoms with Gasteiger partial charge in [-0.1, -0.05) is 23.7 Å². The van der Waals surface area contributed by atoms with E-state index in [4.69, 9.17) is 16.3 Å². The highest BCUT2D eigenvalue weighted by molar-refractivity contribution is 6.30. The van der Waals surface area contributed by atoms with Gasteiger partial charge in [0.2, 0.25) is 0 Å². The summed E-state index contributed by atoms with van der Waals surface area (Å²) in [6, 6.07) is 13.6. The number of hydrogen-bond donors (Lipinski definition) is 1. The summed E-state index contributed by atoms with van der Waals surface area (Å²) < 4.78 is 9.02. The Morgan fingerprint density at radius 3 is 2.50 bits per heavy atom. The Labute approximate surface area is 237 Å². The number of anilines is 1. The molecular weight excluding hydrogens is 528 g/mol. The van der Waals surface area contributed by atoms with Gasteiger partial charge in [0.15, 0.2) is 0 Å². The Bertz CT molecular complexity index is 1580. The van der Waals surface area contributed by atoms with Gasteiger partial charge in [-0.2, -0.15) is 0 Å². The van der Waals surface area contributed by atoms with E-state index in [1.54, 1.807) is 30.1 Å². The van der Waals surface area contributed by atoms with Crippen molar-refractivity contribution in [1.82, 2.24) is 24.4 Å². The molecule has 10 heteroatoms. The Hall–Kier alpha value is -3.69. The van der Waals surface area contributed by atoms with Crippen molar-refractivity contribution in [2.45, 2.75) is 51.3 Å². The maximum absolute atomic E-state index is 13.8. The molecule has 0 atom stereocenters. The van der Waals surface area contributed by atoms with Crippen LogP contribution >= 0.6 is 11.6 Å². The molecule has 9 nitrogen and oxygen atoms in total. The minimum Gasteiger partial charge on any atom is -0.378 e. The lowest BCUT2D eigenvalue weighted by Gasteiger charge is -2.38. The fraction of sp³-hybridized carbons (Fsp3) is 0.400. The Balaban J connectivity index is 1.15. The molecule has 1 saturated heterocycles. The minimum atomic E-state index is -0.137. The van der Waals surface area contributed by atoms with Gasteiger partial charge >= 0.3 is 5.69 Å². The molecule has 4 heterocycles. The van der Waals surface area contributed by atoms with Crippen LogP contribution in [0.4, 0.5) is 5.82 Å². The standard InChI is InChI=1S/C30H33ClN6O3/c1-19-25(13-21(31)14-32-19)29(38)34-22-9-7-20(8-10-22)16-36-26-5-3-4-6-27(26)37(30(36)39)23-11-12-28(33-15-23)35-17-24(18-35)40-2/h3-6,11-15,20,22,24H,7-10,16-18H2,1-2H3,(H,34,38)/t20-,22-. The van der Waals surface area contributed by atoms with E-state index in [9.17, 15) is 9.59 Å². The number of halogens is 1. The number of fused-ring (bicyclic) bond motifs is 1. The topological polar surface area (TPSA) is 94.3 Å². The molecule has 4 aromatic rings. The van der Waals surface area contributed by atoms with E-state index in [1.807, 2.05) is 47.9 Å². The number of hydrogen-bond acceptors (Lipinski definition) is 6. The first-order valence-corrected chi connectivity index (χ1v) is 14.2. The number of para-hydroxylation sites is 2. The predicted octanol–water partition coefficient (Wildman–Crippen LogP) is 4.37. The average Bonchev–Trinajstić information content (AvgIpc) is 3.21. The second kappa shape index (κ2) is 11.1. The summed E-state index contributed by atoms with van der Waals surface area (Å²) in [6.45, 7) is 4.10. The molecule has 1 N–H and O–H groups in total. The van der Waals surface area contributed by atoms with Crippen molar-refractivity contribution < 1.29 is 9.53 Å². The summed E-state index contributed by atoms with van der Waals surface area (Å²) in [5.74, 6) is 1.10. The molecule has 2 fully saturated rings. The van der Waals surface area contributed by atoms with E-state index in [0.717, 1.165) is 61.3 Å². The van der Waals surface area contributed by atoms with Crippen LogP contribution in [0.2, 0.25) is 5.02 Å². The molecule has 2 aliphatic rings. The number of benzene rings is 1. The number of aryl methyl sites for hydroxylation is 1. The number of rotatable bonds is 7. The molecule has 0 radical (unpaired) electrons. The number of aromatic nitrogens is 4. The van der Waals surface area contributed by atoms with Crippen LogP contribution in [0.3, 0.4) is 0 Å². The number of pyridine rings is 2. The molecule has 0 bridgehead atoms. The lowest BCUT2D eigenvalue weighted by atomic mass is 9.85. The van der Waals surface area contributed by atoms with E-state index >= 15 is 0 Å². The van der Waals surface area contributed by atoms with E-state index in [-0.39, 0.29) is 23.7 Å². The number of ether oxygens (including phenoxy) is 1. The number of imidazole rings is 1.